The van der Waals surface area contributed by atoms with Gasteiger partial charge in [-0.05, 0) is 70.6 Å². The van der Waals surface area contributed by atoms with E-state index in [1.54, 1.807) is 50.3 Å². The van der Waals surface area contributed by atoms with Gasteiger partial charge in [0.05, 0.1) is 28.9 Å². The van der Waals surface area contributed by atoms with Gasteiger partial charge in [-0.3, -0.25) is 9.69 Å². The minimum atomic E-state index is -1.32. The number of hydrogen-bond acceptors (Lipinski definition) is 8. The zero-order valence-electron chi connectivity index (χ0n) is 24.3. The van der Waals surface area contributed by atoms with E-state index in [9.17, 15) is 14.3 Å². The Hall–Kier alpha value is -4.25. The molecule has 1 saturated heterocycles. The van der Waals surface area contributed by atoms with E-state index in [0.29, 0.717) is 39.4 Å². The monoisotopic (exact) mass is 605 g/mol. The quantitative estimate of drug-likeness (QED) is 0.179. The molecule has 0 saturated carbocycles. The number of rotatable bonds is 9. The number of ether oxygens (including phenoxy) is 2. The minimum absolute atomic E-state index is 0.229. The largest absolute Gasteiger partial charge is 0.494 e. The summed E-state index contributed by atoms with van der Waals surface area (Å²) in [6.45, 7) is 4.26. The van der Waals surface area contributed by atoms with Crippen LogP contribution in [0.25, 0.3) is 10.9 Å². The number of methoxy groups -OCH3 is 1. The Morgan fingerprint density at radius 3 is 2.67 bits per heavy atom. The average molecular weight is 606 g/mol. The van der Waals surface area contributed by atoms with Gasteiger partial charge < -0.3 is 25.2 Å². The van der Waals surface area contributed by atoms with Crippen molar-refractivity contribution in [1.82, 2.24) is 14.9 Å². The summed E-state index contributed by atoms with van der Waals surface area (Å²) < 4.78 is 25.1. The Kier molecular flexibility index (Phi) is 8.82. The molecule has 11 heteroatoms. The number of nitrogens with one attached hydrogen (secondary N) is 2. The van der Waals surface area contributed by atoms with Gasteiger partial charge in [0.25, 0.3) is 0 Å². The fourth-order valence-corrected chi connectivity index (χ4v) is 5.23. The zero-order valence-corrected chi connectivity index (χ0v) is 25.1. The number of fused-ring (bicyclic) bond motifs is 1. The number of carbonyl (C=O) groups excluding carboxylic acids is 1. The molecule has 43 heavy (non-hydrogen) atoms. The van der Waals surface area contributed by atoms with Crippen LogP contribution < -0.4 is 20.1 Å². The van der Waals surface area contributed by atoms with E-state index in [0.717, 1.165) is 19.4 Å². The Labute approximate surface area is 254 Å². The maximum Gasteiger partial charge on any atom is 0.248 e. The first-order valence-corrected chi connectivity index (χ1v) is 14.2. The molecule has 1 aromatic heterocycles. The van der Waals surface area contributed by atoms with Crippen molar-refractivity contribution in [3.8, 4) is 17.2 Å². The smallest absolute Gasteiger partial charge is 0.248 e. The van der Waals surface area contributed by atoms with E-state index >= 15 is 0 Å². The van der Waals surface area contributed by atoms with E-state index in [1.165, 1.54) is 31.6 Å². The number of carbonyl (C=O) groups is 1. The summed E-state index contributed by atoms with van der Waals surface area (Å²) >= 11 is 6.59. The molecule has 4 aromatic rings. The molecule has 1 aliphatic heterocycles. The molecule has 224 valence electrons. The standard InChI is InChI=1S/C32H33ClFN5O4/c1-32(2,41)23-15-28(43-21-9-5-7-19(34)13-21)24(33)16-26(23)38-31-22-14-27(29(42-4)17-25(22)35-18-36-31)37-30(40)11-10-20-8-6-12-39(20)3/h5,7,9-11,13-18,20,41H,6,8,12H2,1-4H3,(H,37,40)(H,35,36,38). The van der Waals surface area contributed by atoms with Gasteiger partial charge in [-0.15, -0.1) is 0 Å². The van der Waals surface area contributed by atoms with E-state index in [4.69, 9.17) is 21.1 Å². The number of aromatic nitrogens is 2. The molecule has 0 radical (unpaired) electrons. The number of anilines is 3. The molecule has 2 heterocycles. The third-order valence-corrected chi connectivity index (χ3v) is 7.56. The van der Waals surface area contributed by atoms with Crippen molar-refractivity contribution in [3.63, 3.8) is 0 Å². The molecule has 1 atom stereocenters. The predicted octanol–water partition coefficient (Wildman–Crippen LogP) is 6.78. The van der Waals surface area contributed by atoms with Crippen LogP contribution in [0, 0.1) is 5.82 Å². The van der Waals surface area contributed by atoms with Gasteiger partial charge >= 0.3 is 0 Å². The van der Waals surface area contributed by atoms with Gasteiger partial charge in [-0.1, -0.05) is 23.7 Å². The Morgan fingerprint density at radius 1 is 1.16 bits per heavy atom. The second kappa shape index (κ2) is 12.5. The van der Waals surface area contributed by atoms with Crippen molar-refractivity contribution in [3.05, 3.63) is 83.4 Å². The van der Waals surface area contributed by atoms with Crippen LogP contribution in [0.3, 0.4) is 0 Å². The topological polar surface area (TPSA) is 109 Å². The fraction of sp³-hybridized carbons (Fsp3) is 0.281. The molecule has 3 N–H and O–H groups in total. The van der Waals surface area contributed by atoms with Gasteiger partial charge in [0.1, 0.15) is 35.2 Å². The SMILES string of the molecule is COc1cc2ncnc(Nc3cc(Cl)c(Oc4cccc(F)c4)cc3C(C)(C)O)c2cc1NC(=O)C=CC1CCCN1C. The molecular formula is C32H33ClFN5O4. The third-order valence-electron chi connectivity index (χ3n) is 7.27. The van der Waals surface area contributed by atoms with E-state index in [2.05, 4.69) is 25.5 Å². The van der Waals surface area contributed by atoms with Gasteiger partial charge in [0, 0.05) is 40.9 Å². The summed E-state index contributed by atoms with van der Waals surface area (Å²) in [6.07, 6.45) is 6.97. The Morgan fingerprint density at radius 2 is 1.98 bits per heavy atom. The zero-order chi connectivity index (χ0) is 30.7. The molecule has 3 aromatic carbocycles. The second-order valence-corrected chi connectivity index (χ2v) is 11.3. The number of aliphatic hydroxyl groups is 1. The highest BCUT2D eigenvalue weighted by Gasteiger charge is 2.24. The summed E-state index contributed by atoms with van der Waals surface area (Å²) in [7, 11) is 3.56. The number of hydrogen-bond donors (Lipinski definition) is 3. The predicted molar refractivity (Wildman–Crippen MR) is 166 cm³/mol. The van der Waals surface area contributed by atoms with Crippen LogP contribution in [0.15, 0.2) is 67.0 Å². The first-order chi connectivity index (χ1) is 20.5. The molecule has 1 unspecified atom stereocenters. The van der Waals surface area contributed by atoms with Gasteiger partial charge in [-0.2, -0.15) is 0 Å². The molecule has 1 aliphatic rings. The van der Waals surface area contributed by atoms with Crippen LogP contribution in [0.2, 0.25) is 5.02 Å². The van der Waals surface area contributed by atoms with Gasteiger partial charge in [-0.25, -0.2) is 14.4 Å². The van der Waals surface area contributed by atoms with Crippen LogP contribution in [-0.4, -0.2) is 52.6 Å². The van der Waals surface area contributed by atoms with Crippen LogP contribution in [0.4, 0.5) is 21.6 Å². The number of amides is 1. The number of nitrogens with zero attached hydrogens (tertiary/aromatic N) is 3. The molecule has 0 spiro atoms. The molecule has 0 aliphatic carbocycles. The summed E-state index contributed by atoms with van der Waals surface area (Å²) in [6, 6.07) is 12.6. The Bertz CT molecular complexity index is 1690. The fourth-order valence-electron chi connectivity index (χ4n) is 5.03. The van der Waals surface area contributed by atoms with Gasteiger partial charge in [0.15, 0.2) is 0 Å². The maximum absolute atomic E-state index is 13.7. The molecule has 9 nitrogen and oxygen atoms in total. The first kappa shape index (κ1) is 30.2. The van der Waals surface area contributed by atoms with Crippen molar-refractivity contribution in [2.45, 2.75) is 38.3 Å². The van der Waals surface area contributed by atoms with Crippen molar-refractivity contribution >= 4 is 45.6 Å². The average Bonchev–Trinajstić information content (AvgIpc) is 3.37. The summed E-state index contributed by atoms with van der Waals surface area (Å²) in [5, 5.41) is 18.0. The second-order valence-electron chi connectivity index (χ2n) is 10.9. The lowest BCUT2D eigenvalue weighted by Crippen LogP contribution is -2.23. The van der Waals surface area contributed by atoms with Crippen molar-refractivity contribution < 1.29 is 23.8 Å². The normalized spacial score (nSPS) is 15.7. The summed E-state index contributed by atoms with van der Waals surface area (Å²) in [5.41, 5.74) is 0.616. The van der Waals surface area contributed by atoms with Crippen molar-refractivity contribution in [2.24, 2.45) is 0 Å². The lowest BCUT2D eigenvalue weighted by molar-refractivity contribution is -0.112. The number of likely N-dealkylation sites (tertiary alicyclic amines) is 1. The highest BCUT2D eigenvalue weighted by atomic mass is 35.5. The third kappa shape index (κ3) is 7.05. The summed E-state index contributed by atoms with van der Waals surface area (Å²) in [4.78, 5) is 23.9. The van der Waals surface area contributed by atoms with E-state index < -0.39 is 11.4 Å². The molecule has 5 rings (SSSR count). The van der Waals surface area contributed by atoms with Gasteiger partial charge in [0.2, 0.25) is 5.91 Å². The van der Waals surface area contributed by atoms with Crippen molar-refractivity contribution in [1.29, 1.82) is 0 Å². The number of halogens is 2. The van der Waals surface area contributed by atoms with E-state index in [-0.39, 0.29) is 28.5 Å². The van der Waals surface area contributed by atoms with Crippen LogP contribution >= 0.6 is 11.6 Å². The maximum atomic E-state index is 13.7. The molecule has 1 fully saturated rings. The van der Waals surface area contributed by atoms with Crippen LogP contribution in [-0.2, 0) is 10.4 Å². The highest BCUT2D eigenvalue weighted by Crippen LogP contribution is 2.41. The Balaban J connectivity index is 1.48. The molecule has 0 bridgehead atoms. The minimum Gasteiger partial charge on any atom is -0.494 e. The first-order valence-electron chi connectivity index (χ1n) is 13.8. The number of benzene rings is 3. The summed E-state index contributed by atoms with van der Waals surface area (Å²) in [5.74, 6) is 0.626. The van der Waals surface area contributed by atoms with Crippen molar-refractivity contribution in [2.75, 3.05) is 31.3 Å². The molecular weight excluding hydrogens is 573 g/mol. The highest BCUT2D eigenvalue weighted by molar-refractivity contribution is 6.32. The number of likely N-dealkylation sites (N-methyl/N-ethyl adjacent to an activating group) is 1. The van der Waals surface area contributed by atoms with Crippen LogP contribution in [0.1, 0.15) is 32.3 Å². The van der Waals surface area contributed by atoms with Crippen LogP contribution in [0.5, 0.6) is 17.2 Å². The molecule has 1 amide bonds. The van der Waals surface area contributed by atoms with E-state index in [1.807, 2.05) is 13.1 Å². The lowest BCUT2D eigenvalue weighted by Gasteiger charge is -2.24. The lowest BCUT2D eigenvalue weighted by atomic mass is 9.96.